The molecule has 156 valence electrons. The zero-order chi connectivity index (χ0) is 21.5. The molecule has 3 aromatic heterocycles. The summed E-state index contributed by atoms with van der Waals surface area (Å²) in [5, 5.41) is 6.96. The van der Waals surface area contributed by atoms with Gasteiger partial charge in [-0.15, -0.1) is 16.4 Å². The van der Waals surface area contributed by atoms with E-state index in [1.54, 1.807) is 25.3 Å². The van der Waals surface area contributed by atoms with Crippen molar-refractivity contribution in [2.75, 3.05) is 7.11 Å². The van der Waals surface area contributed by atoms with Crippen LogP contribution in [0.15, 0.2) is 69.6 Å². The molecule has 9 heteroatoms. The molecule has 0 atom stereocenters. The monoisotopic (exact) mass is 452 g/mol. The van der Waals surface area contributed by atoms with Gasteiger partial charge in [0.2, 0.25) is 5.78 Å². The number of hydrogen-bond acceptors (Lipinski definition) is 5. The molecule has 0 saturated carbocycles. The molecule has 3 heterocycles. The minimum absolute atomic E-state index is 0.188. The molecule has 0 N–H and O–H groups in total. The summed E-state index contributed by atoms with van der Waals surface area (Å²) in [6, 6.07) is 16.5. The van der Waals surface area contributed by atoms with Crippen molar-refractivity contribution in [3.05, 3.63) is 97.0 Å². The van der Waals surface area contributed by atoms with E-state index in [1.807, 2.05) is 41.8 Å². The number of methoxy groups -OCH3 is 1. The number of halogens is 1. The first-order valence-corrected chi connectivity index (χ1v) is 10.8. The third-order valence-corrected chi connectivity index (χ3v) is 6.30. The average Bonchev–Trinajstić information content (AvgIpc) is 3.38. The second-order valence-corrected chi connectivity index (χ2v) is 8.39. The predicted octanol–water partition coefficient (Wildman–Crippen LogP) is 3.63. The normalized spacial score (nSPS) is 11.4. The topological polar surface area (TPSA) is 70.5 Å². The second-order valence-electron chi connectivity index (χ2n) is 7.04. The molecule has 31 heavy (non-hydrogen) atoms. The van der Waals surface area contributed by atoms with E-state index in [9.17, 15) is 9.59 Å². The summed E-state index contributed by atoms with van der Waals surface area (Å²) >= 11 is 7.28. The fourth-order valence-corrected chi connectivity index (χ4v) is 4.60. The maximum Gasteiger partial charge on any atom is 0.352 e. The van der Waals surface area contributed by atoms with Crippen LogP contribution in [0.5, 0.6) is 5.75 Å². The Kier molecular flexibility index (Phi) is 4.88. The molecule has 0 saturated heterocycles. The van der Waals surface area contributed by atoms with Crippen molar-refractivity contribution in [2.45, 2.75) is 13.1 Å². The number of hydrogen-bond donors (Lipinski definition) is 0. The van der Waals surface area contributed by atoms with Crippen LogP contribution in [-0.4, -0.2) is 25.9 Å². The zero-order valence-corrected chi connectivity index (χ0v) is 18.1. The highest BCUT2D eigenvalue weighted by molar-refractivity contribution is 7.17. The number of benzene rings is 2. The minimum atomic E-state index is -0.304. The molecule has 5 aromatic rings. The first-order valence-electron chi connectivity index (χ1n) is 9.52. The third-order valence-electron chi connectivity index (χ3n) is 5.15. The standard InChI is InChI=1S/C22H17ClN4O3S/c1-30-18-5-3-2-4-15(18)13-25-20(28)19-17(10-11-31-19)27-21(25)24-26(22(27)29)12-14-6-8-16(23)9-7-14/h2-11H,12-13H2,1H3. The molecule has 0 aliphatic rings. The Morgan fingerprint density at radius 2 is 1.81 bits per heavy atom. The number of para-hydroxylation sites is 1. The van der Waals surface area contributed by atoms with Gasteiger partial charge in [0.15, 0.2) is 0 Å². The SMILES string of the molecule is COc1ccccc1Cn1c(=O)c2sccc2n2c(=O)n(Cc3ccc(Cl)cc3)nc12. The Morgan fingerprint density at radius 3 is 2.58 bits per heavy atom. The smallest absolute Gasteiger partial charge is 0.352 e. The van der Waals surface area contributed by atoms with Crippen LogP contribution in [-0.2, 0) is 13.1 Å². The van der Waals surface area contributed by atoms with Crippen molar-refractivity contribution in [1.82, 2.24) is 18.7 Å². The van der Waals surface area contributed by atoms with Gasteiger partial charge in [-0.2, -0.15) is 0 Å². The van der Waals surface area contributed by atoms with Gasteiger partial charge in [-0.3, -0.25) is 9.36 Å². The summed E-state index contributed by atoms with van der Waals surface area (Å²) in [5.41, 5.74) is 1.78. The van der Waals surface area contributed by atoms with E-state index >= 15 is 0 Å². The van der Waals surface area contributed by atoms with Gasteiger partial charge in [0, 0.05) is 10.6 Å². The summed E-state index contributed by atoms with van der Waals surface area (Å²) in [4.78, 5) is 26.5. The Bertz CT molecular complexity index is 1530. The second kappa shape index (κ2) is 7.72. The first-order chi connectivity index (χ1) is 15.1. The highest BCUT2D eigenvalue weighted by Crippen LogP contribution is 2.21. The van der Waals surface area contributed by atoms with Crippen molar-refractivity contribution in [1.29, 1.82) is 0 Å². The minimum Gasteiger partial charge on any atom is -0.496 e. The average molecular weight is 453 g/mol. The number of thiophene rings is 1. The van der Waals surface area contributed by atoms with E-state index in [-0.39, 0.29) is 24.3 Å². The van der Waals surface area contributed by atoms with Crippen molar-refractivity contribution in [3.8, 4) is 5.75 Å². The van der Waals surface area contributed by atoms with Crippen LogP contribution >= 0.6 is 22.9 Å². The van der Waals surface area contributed by atoms with E-state index < -0.39 is 0 Å². The lowest BCUT2D eigenvalue weighted by atomic mass is 10.2. The third kappa shape index (κ3) is 3.34. The molecule has 0 fully saturated rings. The Hall–Kier alpha value is -3.36. The van der Waals surface area contributed by atoms with Crippen molar-refractivity contribution in [2.24, 2.45) is 0 Å². The summed E-state index contributed by atoms with van der Waals surface area (Å²) in [7, 11) is 1.59. The van der Waals surface area contributed by atoms with Crippen LogP contribution in [0, 0.1) is 0 Å². The molecule has 0 bridgehead atoms. The van der Waals surface area contributed by atoms with Gasteiger partial charge < -0.3 is 4.74 Å². The van der Waals surface area contributed by atoms with E-state index in [1.165, 1.54) is 25.0 Å². The van der Waals surface area contributed by atoms with Crippen molar-refractivity contribution in [3.63, 3.8) is 0 Å². The van der Waals surface area contributed by atoms with Gasteiger partial charge in [0.1, 0.15) is 10.4 Å². The lowest BCUT2D eigenvalue weighted by Crippen LogP contribution is -2.26. The lowest BCUT2D eigenvalue weighted by Gasteiger charge is -2.11. The van der Waals surface area contributed by atoms with Crippen molar-refractivity contribution >= 4 is 38.9 Å². The Morgan fingerprint density at radius 1 is 1.03 bits per heavy atom. The van der Waals surface area contributed by atoms with Crippen LogP contribution in [0.2, 0.25) is 5.02 Å². The fraction of sp³-hybridized carbons (Fsp3) is 0.136. The van der Waals surface area contributed by atoms with E-state index in [4.69, 9.17) is 16.3 Å². The van der Waals surface area contributed by atoms with Crippen LogP contribution in [0.3, 0.4) is 0 Å². The molecule has 0 spiro atoms. The molecule has 0 amide bonds. The molecule has 7 nitrogen and oxygen atoms in total. The largest absolute Gasteiger partial charge is 0.496 e. The summed E-state index contributed by atoms with van der Waals surface area (Å²) in [6.45, 7) is 0.504. The van der Waals surface area contributed by atoms with Gasteiger partial charge in [-0.25, -0.2) is 13.9 Å². The van der Waals surface area contributed by atoms with E-state index in [0.717, 1.165) is 11.1 Å². The molecule has 0 aliphatic heterocycles. The van der Waals surface area contributed by atoms with Crippen LogP contribution in [0.1, 0.15) is 11.1 Å². The summed E-state index contributed by atoms with van der Waals surface area (Å²) < 4.78 is 10.3. The Labute approximate surface area is 185 Å². The number of nitrogens with zero attached hydrogens (tertiary/aromatic N) is 4. The zero-order valence-electron chi connectivity index (χ0n) is 16.5. The van der Waals surface area contributed by atoms with E-state index in [0.29, 0.717) is 26.8 Å². The molecule has 2 aromatic carbocycles. The fourth-order valence-electron chi connectivity index (χ4n) is 3.65. The number of ether oxygens (including phenoxy) is 1. The highest BCUT2D eigenvalue weighted by Gasteiger charge is 2.19. The number of rotatable bonds is 5. The maximum absolute atomic E-state index is 13.3. The quantitative estimate of drug-likeness (QED) is 0.408. The highest BCUT2D eigenvalue weighted by atomic mass is 35.5. The van der Waals surface area contributed by atoms with Gasteiger partial charge in [0.25, 0.3) is 5.56 Å². The van der Waals surface area contributed by atoms with E-state index in [2.05, 4.69) is 5.10 Å². The first kappa shape index (κ1) is 19.6. The molecule has 5 rings (SSSR count). The van der Waals surface area contributed by atoms with Crippen LogP contribution in [0.4, 0.5) is 0 Å². The number of fused-ring (bicyclic) bond motifs is 3. The molecule has 0 aliphatic carbocycles. The molecule has 0 unspecified atom stereocenters. The number of aromatic nitrogens is 4. The van der Waals surface area contributed by atoms with Crippen LogP contribution in [0.25, 0.3) is 16.0 Å². The van der Waals surface area contributed by atoms with Crippen molar-refractivity contribution < 1.29 is 4.74 Å². The maximum atomic E-state index is 13.3. The summed E-state index contributed by atoms with van der Waals surface area (Å²) in [6.07, 6.45) is 0. The predicted molar refractivity (Wildman–Crippen MR) is 122 cm³/mol. The lowest BCUT2D eigenvalue weighted by molar-refractivity contribution is 0.408. The van der Waals surface area contributed by atoms with Gasteiger partial charge in [0.05, 0.1) is 25.7 Å². The van der Waals surface area contributed by atoms with Gasteiger partial charge in [-0.05, 0) is 35.2 Å². The Balaban J connectivity index is 1.72. The van der Waals surface area contributed by atoms with Crippen LogP contribution < -0.4 is 16.0 Å². The van der Waals surface area contributed by atoms with Gasteiger partial charge >= 0.3 is 5.69 Å². The van der Waals surface area contributed by atoms with Gasteiger partial charge in [-0.1, -0.05) is 41.9 Å². The molecular formula is C22H17ClN4O3S. The molecule has 0 radical (unpaired) electrons. The molecular weight excluding hydrogens is 436 g/mol. The summed E-state index contributed by atoms with van der Waals surface area (Å²) in [5.74, 6) is 0.961.